The molecule has 1 aromatic rings. The molecule has 21 heavy (non-hydrogen) atoms. The molecule has 1 amide bonds. The summed E-state index contributed by atoms with van der Waals surface area (Å²) in [5.74, 6) is -1.10. The van der Waals surface area contributed by atoms with Crippen molar-refractivity contribution in [3.63, 3.8) is 0 Å². The van der Waals surface area contributed by atoms with Gasteiger partial charge in [0.05, 0.1) is 23.7 Å². The Labute approximate surface area is 121 Å². The molecule has 0 spiro atoms. The molecule has 0 saturated carbocycles. The molecule has 0 unspecified atom stereocenters. The summed E-state index contributed by atoms with van der Waals surface area (Å²) in [7, 11) is -3.65. The molecule has 7 nitrogen and oxygen atoms in total. The highest BCUT2D eigenvalue weighted by Gasteiger charge is 2.16. The number of aldehydes is 1. The smallest absolute Gasteiger partial charge is 0.411 e. The van der Waals surface area contributed by atoms with Crippen LogP contribution in [0.15, 0.2) is 12.1 Å². The first kappa shape index (κ1) is 16.9. The quantitative estimate of drug-likeness (QED) is 0.781. The summed E-state index contributed by atoms with van der Waals surface area (Å²) in [6.45, 7) is 3.08. The van der Waals surface area contributed by atoms with Crippen molar-refractivity contribution in [2.24, 2.45) is 0 Å². The van der Waals surface area contributed by atoms with Crippen molar-refractivity contribution in [1.29, 1.82) is 0 Å². The molecule has 0 saturated heterocycles. The normalized spacial score (nSPS) is 10.8. The third-order valence-electron chi connectivity index (χ3n) is 2.42. The summed E-state index contributed by atoms with van der Waals surface area (Å²) < 4.78 is 43.5. The maximum absolute atomic E-state index is 13.7. The van der Waals surface area contributed by atoms with Crippen LogP contribution in [0, 0.1) is 5.82 Å². The van der Waals surface area contributed by atoms with Crippen LogP contribution < -0.4 is 10.0 Å². The maximum atomic E-state index is 13.7. The van der Waals surface area contributed by atoms with Crippen LogP contribution in [0.3, 0.4) is 0 Å². The second-order valence-corrected chi connectivity index (χ2v) is 5.90. The lowest BCUT2D eigenvalue weighted by Crippen LogP contribution is -2.18. The van der Waals surface area contributed by atoms with Crippen molar-refractivity contribution in [3.8, 4) is 0 Å². The van der Waals surface area contributed by atoms with Crippen LogP contribution in [0.1, 0.15) is 24.2 Å². The van der Waals surface area contributed by atoms with E-state index in [2.05, 4.69) is 14.8 Å². The molecule has 0 heterocycles. The van der Waals surface area contributed by atoms with Crippen LogP contribution in [-0.4, -0.2) is 33.2 Å². The van der Waals surface area contributed by atoms with Crippen molar-refractivity contribution in [2.75, 3.05) is 22.4 Å². The molecule has 1 rings (SSSR count). The van der Waals surface area contributed by atoms with Gasteiger partial charge in [0, 0.05) is 5.56 Å². The van der Waals surface area contributed by atoms with E-state index < -0.39 is 21.9 Å². The zero-order valence-electron chi connectivity index (χ0n) is 11.5. The summed E-state index contributed by atoms with van der Waals surface area (Å²) >= 11 is 0. The second kappa shape index (κ2) is 7.02. The fraction of sp³-hybridized carbons (Fsp3) is 0.333. The monoisotopic (exact) mass is 318 g/mol. The first-order valence-electron chi connectivity index (χ1n) is 6.06. The lowest BCUT2D eigenvalue weighted by molar-refractivity contribution is 0.112. The molecule has 0 aliphatic heterocycles. The van der Waals surface area contributed by atoms with Gasteiger partial charge >= 0.3 is 6.09 Å². The SMILES string of the molecule is CCOC(=O)Nc1cc(NS(=O)(=O)CC)c(C=O)cc1F. The fourth-order valence-electron chi connectivity index (χ4n) is 1.39. The molecule has 0 atom stereocenters. The molecule has 1 aromatic carbocycles. The van der Waals surface area contributed by atoms with E-state index in [1.165, 1.54) is 6.92 Å². The second-order valence-electron chi connectivity index (χ2n) is 3.89. The highest BCUT2D eigenvalue weighted by molar-refractivity contribution is 7.92. The number of halogens is 1. The largest absolute Gasteiger partial charge is 0.450 e. The molecule has 9 heteroatoms. The summed E-state index contributed by atoms with van der Waals surface area (Å²) in [6.07, 6.45) is -0.579. The number of benzene rings is 1. The number of anilines is 2. The molecule has 0 aliphatic carbocycles. The zero-order chi connectivity index (χ0) is 16.0. The number of nitrogens with one attached hydrogen (secondary N) is 2. The number of hydrogen-bond acceptors (Lipinski definition) is 5. The van der Waals surface area contributed by atoms with E-state index in [1.807, 2.05) is 0 Å². The molecule has 116 valence electrons. The van der Waals surface area contributed by atoms with Gasteiger partial charge < -0.3 is 4.74 Å². The van der Waals surface area contributed by atoms with E-state index in [1.54, 1.807) is 6.92 Å². The van der Waals surface area contributed by atoms with Crippen LogP contribution in [0.4, 0.5) is 20.6 Å². The molecule has 0 aromatic heterocycles. The van der Waals surface area contributed by atoms with E-state index in [9.17, 15) is 22.4 Å². The third kappa shape index (κ3) is 4.71. The third-order valence-corrected chi connectivity index (χ3v) is 3.71. The van der Waals surface area contributed by atoms with Gasteiger partial charge in [-0.3, -0.25) is 14.8 Å². The van der Waals surface area contributed by atoms with E-state index in [0.717, 1.165) is 12.1 Å². The molecule has 0 bridgehead atoms. The minimum Gasteiger partial charge on any atom is -0.450 e. The molecular weight excluding hydrogens is 303 g/mol. The number of carbonyl (C=O) groups is 2. The number of ether oxygens (including phenoxy) is 1. The summed E-state index contributed by atoms with van der Waals surface area (Å²) in [6, 6.07) is 1.84. The lowest BCUT2D eigenvalue weighted by Gasteiger charge is -2.12. The average Bonchev–Trinajstić information content (AvgIpc) is 2.42. The molecule has 0 fully saturated rings. The summed E-state index contributed by atoms with van der Waals surface area (Å²) in [5.41, 5.74) is -0.605. The number of amides is 1. The van der Waals surface area contributed by atoms with Gasteiger partial charge in [-0.2, -0.15) is 0 Å². The topological polar surface area (TPSA) is 102 Å². The van der Waals surface area contributed by atoms with Crippen molar-refractivity contribution < 1.29 is 27.1 Å². The Hall–Kier alpha value is -2.16. The van der Waals surface area contributed by atoms with Crippen LogP contribution in [-0.2, 0) is 14.8 Å². The van der Waals surface area contributed by atoms with Gasteiger partial charge in [0.1, 0.15) is 5.82 Å². The van der Waals surface area contributed by atoms with E-state index >= 15 is 0 Å². The lowest BCUT2D eigenvalue weighted by atomic mass is 10.1. The van der Waals surface area contributed by atoms with E-state index in [0.29, 0.717) is 6.29 Å². The summed E-state index contributed by atoms with van der Waals surface area (Å²) in [4.78, 5) is 22.1. The molecule has 0 aliphatic rings. The number of sulfonamides is 1. The average molecular weight is 318 g/mol. The van der Waals surface area contributed by atoms with Gasteiger partial charge in [-0.15, -0.1) is 0 Å². The predicted octanol–water partition coefficient (Wildman–Crippen LogP) is 1.97. The number of hydrogen-bond donors (Lipinski definition) is 2. The Morgan fingerprint density at radius 2 is 2.00 bits per heavy atom. The van der Waals surface area contributed by atoms with Crippen molar-refractivity contribution in [1.82, 2.24) is 0 Å². The highest BCUT2D eigenvalue weighted by atomic mass is 32.2. The fourth-order valence-corrected chi connectivity index (χ4v) is 2.04. The zero-order valence-corrected chi connectivity index (χ0v) is 12.3. The van der Waals surface area contributed by atoms with Gasteiger partial charge in [-0.25, -0.2) is 17.6 Å². The van der Waals surface area contributed by atoms with Crippen LogP contribution >= 0.6 is 0 Å². The van der Waals surface area contributed by atoms with Gasteiger partial charge in [0.25, 0.3) is 0 Å². The van der Waals surface area contributed by atoms with Crippen LogP contribution in [0.5, 0.6) is 0 Å². The Kier molecular flexibility index (Phi) is 5.65. The predicted molar refractivity (Wildman–Crippen MR) is 75.5 cm³/mol. The van der Waals surface area contributed by atoms with Crippen LogP contribution in [0.25, 0.3) is 0 Å². The Balaban J connectivity index is 3.18. The first-order chi connectivity index (χ1) is 9.82. The number of rotatable bonds is 6. The Morgan fingerprint density at radius 3 is 2.52 bits per heavy atom. The standard InChI is InChI=1S/C12H15FN2O5S/c1-3-20-12(17)14-11-6-10(15-21(18,19)4-2)8(7-16)5-9(11)13/h5-7,15H,3-4H2,1-2H3,(H,14,17). The van der Waals surface area contributed by atoms with Crippen molar-refractivity contribution in [3.05, 3.63) is 23.5 Å². The molecular formula is C12H15FN2O5S. The van der Waals surface area contributed by atoms with Gasteiger partial charge in [0.15, 0.2) is 6.29 Å². The van der Waals surface area contributed by atoms with Crippen molar-refractivity contribution >= 4 is 33.8 Å². The number of carbonyl (C=O) groups excluding carboxylic acids is 2. The first-order valence-corrected chi connectivity index (χ1v) is 7.71. The van der Waals surface area contributed by atoms with Gasteiger partial charge in [0.2, 0.25) is 10.0 Å². The minimum absolute atomic E-state index is 0.0925. The van der Waals surface area contributed by atoms with Crippen LogP contribution in [0.2, 0.25) is 0 Å². The van der Waals surface area contributed by atoms with E-state index in [4.69, 9.17) is 0 Å². The Bertz CT molecular complexity index is 645. The molecule has 2 N–H and O–H groups in total. The minimum atomic E-state index is -3.65. The van der Waals surface area contributed by atoms with E-state index in [-0.39, 0.29) is 29.3 Å². The van der Waals surface area contributed by atoms with Gasteiger partial charge in [-0.05, 0) is 26.0 Å². The summed E-state index contributed by atoms with van der Waals surface area (Å²) in [5, 5.41) is 2.12. The Morgan fingerprint density at radius 1 is 1.33 bits per heavy atom. The molecule has 0 radical (unpaired) electrons. The van der Waals surface area contributed by atoms with Crippen molar-refractivity contribution in [2.45, 2.75) is 13.8 Å². The highest BCUT2D eigenvalue weighted by Crippen LogP contribution is 2.24. The maximum Gasteiger partial charge on any atom is 0.411 e. The van der Waals surface area contributed by atoms with Gasteiger partial charge in [-0.1, -0.05) is 0 Å².